The molecule has 2 aliphatic heterocycles. The Kier molecular flexibility index (Phi) is 5.61. The van der Waals surface area contributed by atoms with E-state index in [0.717, 1.165) is 24.6 Å². The lowest BCUT2D eigenvalue weighted by atomic mass is 10.0. The van der Waals surface area contributed by atoms with E-state index < -0.39 is 18.5 Å². The van der Waals surface area contributed by atoms with E-state index in [2.05, 4.69) is 14.7 Å². The monoisotopic (exact) mass is 460 g/mol. The zero-order chi connectivity index (χ0) is 23.1. The highest BCUT2D eigenvalue weighted by Crippen LogP contribution is 2.38. The van der Waals surface area contributed by atoms with Crippen LogP contribution in [-0.2, 0) is 0 Å². The number of nitrogens with zero attached hydrogens (tertiary/aromatic N) is 4. The maximum Gasteiger partial charge on any atom is 0.387 e. The van der Waals surface area contributed by atoms with Crippen molar-refractivity contribution in [2.75, 3.05) is 24.5 Å². The van der Waals surface area contributed by atoms with Gasteiger partial charge in [0, 0.05) is 37.6 Å². The molecule has 174 valence electrons. The number of aliphatic hydroxyl groups is 1. The summed E-state index contributed by atoms with van der Waals surface area (Å²) < 4.78 is 45.5. The van der Waals surface area contributed by atoms with Gasteiger partial charge >= 0.3 is 6.61 Å². The highest BCUT2D eigenvalue weighted by Gasteiger charge is 2.30. The smallest absolute Gasteiger partial charge is 0.387 e. The number of anilines is 1. The molecule has 0 unspecified atom stereocenters. The number of alkyl halides is 2. The van der Waals surface area contributed by atoms with Gasteiger partial charge in [-0.3, -0.25) is 4.79 Å². The quantitative estimate of drug-likeness (QED) is 0.630. The summed E-state index contributed by atoms with van der Waals surface area (Å²) in [6.07, 6.45) is 4.88. The second-order valence-electron chi connectivity index (χ2n) is 8.42. The number of rotatable bonds is 5. The Hall–Kier alpha value is -3.27. The molecule has 0 bridgehead atoms. The van der Waals surface area contributed by atoms with E-state index in [1.807, 2.05) is 12.1 Å². The van der Waals surface area contributed by atoms with Gasteiger partial charge in [-0.15, -0.1) is 0 Å². The minimum Gasteiger partial charge on any atom is -0.435 e. The number of β-amino-alcohol motifs (C(OH)–C–C–N with tert-alkyl or cyclic N) is 1. The van der Waals surface area contributed by atoms with Crippen molar-refractivity contribution in [3.05, 3.63) is 59.7 Å². The number of likely N-dealkylation sites (tertiary alicyclic amines) is 1. The number of benzene rings is 1. The number of ether oxygens (including phenoxy) is 1. The first-order valence-electron chi connectivity index (χ1n) is 10.9. The fourth-order valence-corrected chi connectivity index (χ4v) is 4.78. The van der Waals surface area contributed by atoms with Crippen molar-refractivity contribution in [1.82, 2.24) is 14.5 Å². The predicted octanol–water partition coefficient (Wildman–Crippen LogP) is 3.62. The number of aliphatic hydroxyl groups excluding tert-OH is 1. The number of amides is 1. The van der Waals surface area contributed by atoms with Gasteiger partial charge in [0.05, 0.1) is 29.4 Å². The number of hydrogen-bond acceptors (Lipinski definition) is 5. The second kappa shape index (κ2) is 8.58. The number of fused-ring (bicyclic) bond motifs is 1. The highest BCUT2D eigenvalue weighted by atomic mass is 19.3. The summed E-state index contributed by atoms with van der Waals surface area (Å²) in [5, 5.41) is 14.0. The molecular weight excluding hydrogens is 437 g/mol. The molecule has 0 saturated carbocycles. The molecule has 2 saturated heterocycles. The van der Waals surface area contributed by atoms with Crippen molar-refractivity contribution in [3.8, 4) is 5.75 Å². The highest BCUT2D eigenvalue weighted by molar-refractivity contribution is 6.01. The maximum atomic E-state index is 14.1. The van der Waals surface area contributed by atoms with Crippen molar-refractivity contribution in [2.45, 2.75) is 38.0 Å². The summed E-state index contributed by atoms with van der Waals surface area (Å²) in [6.45, 7) is -1.55. The van der Waals surface area contributed by atoms with Crippen LogP contribution in [0.15, 0.2) is 42.7 Å². The van der Waals surface area contributed by atoms with Crippen molar-refractivity contribution in [1.29, 1.82) is 0 Å². The Balaban J connectivity index is 1.46. The van der Waals surface area contributed by atoms with Gasteiger partial charge in [-0.1, -0.05) is 0 Å². The van der Waals surface area contributed by atoms with Crippen LogP contribution >= 0.6 is 0 Å². The van der Waals surface area contributed by atoms with E-state index in [1.165, 1.54) is 18.3 Å². The number of carbonyl (C=O) groups excluding carboxylic acids is 1. The van der Waals surface area contributed by atoms with Crippen LogP contribution < -0.4 is 9.64 Å². The third kappa shape index (κ3) is 4.22. The minimum absolute atomic E-state index is 0.185. The number of halogens is 3. The summed E-state index contributed by atoms with van der Waals surface area (Å²) in [5.41, 5.74) is 2.45. The van der Waals surface area contributed by atoms with Gasteiger partial charge < -0.3 is 19.6 Å². The van der Waals surface area contributed by atoms with Crippen LogP contribution in [0.2, 0.25) is 0 Å². The van der Waals surface area contributed by atoms with Crippen molar-refractivity contribution in [2.24, 2.45) is 0 Å². The van der Waals surface area contributed by atoms with E-state index in [9.17, 15) is 23.1 Å². The Labute approximate surface area is 188 Å². The van der Waals surface area contributed by atoms with E-state index in [0.29, 0.717) is 42.7 Å². The van der Waals surface area contributed by atoms with Crippen LogP contribution in [0, 0.1) is 5.82 Å². The molecule has 1 N–H and O–H groups in total. The van der Waals surface area contributed by atoms with Gasteiger partial charge in [0.15, 0.2) is 0 Å². The normalized spacial score (nSPS) is 20.9. The molecule has 0 aliphatic carbocycles. The first-order valence-corrected chi connectivity index (χ1v) is 10.9. The number of hydrogen-bond donors (Lipinski definition) is 1. The van der Waals surface area contributed by atoms with Gasteiger partial charge in [-0.25, -0.2) is 8.91 Å². The summed E-state index contributed by atoms with van der Waals surface area (Å²) in [6, 6.07) is 7.23. The lowest BCUT2D eigenvalue weighted by Gasteiger charge is -2.28. The standard InChI is InChI=1S/C23H23F3N4O3/c24-15-8-14(9-18(10-15)33-23(25)26)20-2-1-5-29(20)16-3-7-30-21(11-16)19(12-27-30)22(32)28-6-4-17(31)13-28/h3,7-12,17,20,23,31H,1-2,4-6,13H2/t17-,20+/m0/s1. The number of aromatic nitrogens is 2. The Morgan fingerprint density at radius 3 is 2.79 bits per heavy atom. The first-order chi connectivity index (χ1) is 15.9. The molecule has 2 fully saturated rings. The molecule has 4 heterocycles. The van der Waals surface area contributed by atoms with Crippen molar-refractivity contribution in [3.63, 3.8) is 0 Å². The second-order valence-corrected chi connectivity index (χ2v) is 8.42. The largest absolute Gasteiger partial charge is 0.435 e. The summed E-state index contributed by atoms with van der Waals surface area (Å²) in [5.74, 6) is -1.03. The lowest BCUT2D eigenvalue weighted by molar-refractivity contribution is -0.0500. The Morgan fingerprint density at radius 1 is 1.18 bits per heavy atom. The lowest BCUT2D eigenvalue weighted by Crippen LogP contribution is -2.29. The minimum atomic E-state index is -3.03. The Morgan fingerprint density at radius 2 is 2.03 bits per heavy atom. The van der Waals surface area contributed by atoms with E-state index in [1.54, 1.807) is 15.6 Å². The number of carbonyl (C=O) groups is 1. The van der Waals surface area contributed by atoms with E-state index in [-0.39, 0.29) is 17.7 Å². The SMILES string of the molecule is O=C(c1cnn2ccc(N3CCC[C@@H]3c3cc(F)cc(OC(F)F)c3)cc12)N1CC[C@H](O)C1. The average Bonchev–Trinajstić information content (AvgIpc) is 3.51. The summed E-state index contributed by atoms with van der Waals surface area (Å²) in [4.78, 5) is 16.7. The zero-order valence-electron chi connectivity index (χ0n) is 17.7. The van der Waals surface area contributed by atoms with Gasteiger partial charge in [0.1, 0.15) is 11.6 Å². The molecule has 2 aliphatic rings. The predicted molar refractivity (Wildman–Crippen MR) is 114 cm³/mol. The summed E-state index contributed by atoms with van der Waals surface area (Å²) >= 11 is 0. The molecular formula is C23H23F3N4O3. The molecule has 3 aromatic rings. The third-order valence-corrected chi connectivity index (χ3v) is 6.27. The molecule has 7 nitrogen and oxygen atoms in total. The maximum absolute atomic E-state index is 14.1. The van der Waals surface area contributed by atoms with Crippen LogP contribution in [0.4, 0.5) is 18.9 Å². The number of pyridine rings is 1. The fraction of sp³-hybridized carbons (Fsp3) is 0.391. The van der Waals surface area contributed by atoms with Crippen LogP contribution in [0.3, 0.4) is 0 Å². The van der Waals surface area contributed by atoms with E-state index >= 15 is 0 Å². The molecule has 0 spiro atoms. The molecule has 1 aromatic carbocycles. The fourth-order valence-electron chi connectivity index (χ4n) is 4.78. The van der Waals surface area contributed by atoms with Crippen LogP contribution in [0.1, 0.15) is 41.2 Å². The molecule has 5 rings (SSSR count). The zero-order valence-corrected chi connectivity index (χ0v) is 17.7. The van der Waals surface area contributed by atoms with Crippen molar-refractivity contribution >= 4 is 17.1 Å². The van der Waals surface area contributed by atoms with Gasteiger partial charge in [-0.2, -0.15) is 13.9 Å². The van der Waals surface area contributed by atoms with Crippen molar-refractivity contribution < 1.29 is 27.8 Å². The first kappa shape index (κ1) is 21.6. The van der Waals surface area contributed by atoms with Crippen LogP contribution in [-0.4, -0.2) is 57.9 Å². The average molecular weight is 460 g/mol. The molecule has 10 heteroatoms. The van der Waals surface area contributed by atoms with Crippen LogP contribution in [0.5, 0.6) is 5.75 Å². The van der Waals surface area contributed by atoms with Gasteiger partial charge in [0.25, 0.3) is 5.91 Å². The summed E-state index contributed by atoms with van der Waals surface area (Å²) in [7, 11) is 0. The molecule has 33 heavy (non-hydrogen) atoms. The molecule has 1 amide bonds. The molecule has 2 aromatic heterocycles. The molecule has 0 radical (unpaired) electrons. The molecule has 2 atom stereocenters. The van der Waals surface area contributed by atoms with Gasteiger partial charge in [0.2, 0.25) is 0 Å². The topological polar surface area (TPSA) is 70.3 Å². The third-order valence-electron chi connectivity index (χ3n) is 6.27. The van der Waals surface area contributed by atoms with E-state index in [4.69, 9.17) is 0 Å². The Bertz CT molecular complexity index is 1180. The van der Waals surface area contributed by atoms with Gasteiger partial charge in [-0.05, 0) is 49.1 Å². The van der Waals surface area contributed by atoms with Crippen LogP contribution in [0.25, 0.3) is 5.52 Å².